The van der Waals surface area contributed by atoms with E-state index in [1.54, 1.807) is 43.6 Å². The van der Waals surface area contributed by atoms with Gasteiger partial charge < -0.3 is 9.84 Å². The van der Waals surface area contributed by atoms with Gasteiger partial charge in [-0.05, 0) is 42.0 Å². The molecule has 2 aromatic carbocycles. The summed E-state index contributed by atoms with van der Waals surface area (Å²) in [5.74, 6) is 0.876. The van der Waals surface area contributed by atoms with Crippen molar-refractivity contribution in [2.24, 2.45) is 10.3 Å². The summed E-state index contributed by atoms with van der Waals surface area (Å²) in [7, 11) is 3.40. The zero-order valence-electron chi connectivity index (χ0n) is 15.2. The number of phenols is 1. The van der Waals surface area contributed by atoms with E-state index in [0.717, 1.165) is 16.8 Å². The van der Waals surface area contributed by atoms with Crippen LogP contribution in [0, 0.1) is 0 Å². The molecule has 1 N–H and O–H groups in total. The molecule has 0 bridgehead atoms. The Bertz CT molecular complexity index is 971. The molecule has 0 aliphatic carbocycles. The van der Waals surface area contributed by atoms with Crippen molar-refractivity contribution >= 4 is 11.4 Å². The van der Waals surface area contributed by atoms with E-state index in [-0.39, 0.29) is 5.75 Å². The van der Waals surface area contributed by atoms with E-state index >= 15 is 0 Å². The number of hydrogen-bond donors (Lipinski definition) is 1. The van der Waals surface area contributed by atoms with Crippen molar-refractivity contribution < 1.29 is 9.84 Å². The Kier molecular flexibility index (Phi) is 5.47. The molecule has 6 nitrogen and oxygen atoms in total. The van der Waals surface area contributed by atoms with Crippen LogP contribution < -0.4 is 9.75 Å². The number of aromatic nitrogens is 1. The van der Waals surface area contributed by atoms with E-state index in [9.17, 15) is 5.11 Å². The van der Waals surface area contributed by atoms with Crippen LogP contribution in [0.1, 0.15) is 5.69 Å². The molecule has 3 aromatic rings. The topological polar surface area (TPSA) is 70.3 Å². The second-order valence-electron chi connectivity index (χ2n) is 5.81. The third-order valence-electron chi connectivity index (χ3n) is 3.98. The van der Waals surface area contributed by atoms with E-state index in [2.05, 4.69) is 21.9 Å². The third-order valence-corrected chi connectivity index (χ3v) is 3.98. The molecule has 3 rings (SSSR count). The standard InChI is InChI=1S/C21H20N4O2/c1-15(20-9-4-5-12-22-20)23-24-25(2)17-10-11-19(21(14-17)27-3)16-7-6-8-18(26)13-16/h4-14,26H,1H2,2-3H3. The summed E-state index contributed by atoms with van der Waals surface area (Å²) < 4.78 is 5.52. The van der Waals surface area contributed by atoms with Gasteiger partial charge in [-0.3, -0.25) is 4.98 Å². The predicted octanol–water partition coefficient (Wildman–Crippen LogP) is 4.94. The summed E-state index contributed by atoms with van der Waals surface area (Å²) in [4.78, 5) is 4.20. The maximum Gasteiger partial charge on any atom is 0.128 e. The molecule has 0 unspecified atom stereocenters. The minimum atomic E-state index is 0.206. The summed E-state index contributed by atoms with van der Waals surface area (Å²) in [6, 6.07) is 18.3. The number of methoxy groups -OCH3 is 1. The van der Waals surface area contributed by atoms with E-state index < -0.39 is 0 Å². The summed E-state index contributed by atoms with van der Waals surface area (Å²) in [5, 5.41) is 19.7. The Hall–Kier alpha value is -3.67. The fourth-order valence-electron chi connectivity index (χ4n) is 2.55. The molecule has 0 fully saturated rings. The van der Waals surface area contributed by atoms with Crippen molar-refractivity contribution in [2.75, 3.05) is 19.2 Å². The van der Waals surface area contributed by atoms with Crippen molar-refractivity contribution in [3.05, 3.63) is 79.1 Å². The first-order valence-electron chi connectivity index (χ1n) is 8.31. The highest BCUT2D eigenvalue weighted by molar-refractivity contribution is 5.74. The smallest absolute Gasteiger partial charge is 0.128 e. The van der Waals surface area contributed by atoms with Gasteiger partial charge in [0.25, 0.3) is 0 Å². The summed E-state index contributed by atoms with van der Waals surface area (Å²) >= 11 is 0. The molecule has 0 aliphatic heterocycles. The highest BCUT2D eigenvalue weighted by Gasteiger charge is 2.10. The molecule has 1 aromatic heterocycles. The van der Waals surface area contributed by atoms with Gasteiger partial charge in [-0.25, -0.2) is 5.01 Å². The largest absolute Gasteiger partial charge is 0.508 e. The fraction of sp³-hybridized carbons (Fsp3) is 0.0952. The number of nitrogens with zero attached hydrogens (tertiary/aromatic N) is 4. The maximum absolute atomic E-state index is 9.71. The van der Waals surface area contributed by atoms with Crippen LogP contribution in [0.25, 0.3) is 16.8 Å². The Balaban J connectivity index is 1.82. The lowest BCUT2D eigenvalue weighted by Crippen LogP contribution is -2.07. The minimum absolute atomic E-state index is 0.206. The van der Waals surface area contributed by atoms with Crippen molar-refractivity contribution in [1.82, 2.24) is 4.98 Å². The molecule has 6 heteroatoms. The molecule has 0 aliphatic rings. The van der Waals surface area contributed by atoms with Gasteiger partial charge in [0.2, 0.25) is 0 Å². The van der Waals surface area contributed by atoms with Gasteiger partial charge in [-0.15, -0.1) is 5.11 Å². The molecule has 0 spiro atoms. The summed E-state index contributed by atoms with van der Waals surface area (Å²) in [6.45, 7) is 3.89. The van der Waals surface area contributed by atoms with E-state index in [4.69, 9.17) is 4.74 Å². The normalized spacial score (nSPS) is 10.7. The van der Waals surface area contributed by atoms with Crippen LogP contribution in [0.2, 0.25) is 0 Å². The van der Waals surface area contributed by atoms with Gasteiger partial charge in [0.05, 0.1) is 18.5 Å². The molecule has 136 valence electrons. The number of rotatable bonds is 6. The molecule has 0 atom stereocenters. The van der Waals surface area contributed by atoms with E-state index in [1.807, 2.05) is 42.5 Å². The summed E-state index contributed by atoms with van der Waals surface area (Å²) in [5.41, 5.74) is 3.69. The first kappa shape index (κ1) is 18.1. The molecule has 0 saturated heterocycles. The van der Waals surface area contributed by atoms with Gasteiger partial charge in [0.15, 0.2) is 0 Å². The lowest BCUT2D eigenvalue weighted by molar-refractivity contribution is 0.416. The van der Waals surface area contributed by atoms with Crippen molar-refractivity contribution in [1.29, 1.82) is 0 Å². The van der Waals surface area contributed by atoms with Gasteiger partial charge in [0, 0.05) is 24.9 Å². The van der Waals surface area contributed by atoms with E-state index in [1.165, 1.54) is 0 Å². The Morgan fingerprint density at radius 3 is 2.67 bits per heavy atom. The number of benzene rings is 2. The highest BCUT2D eigenvalue weighted by atomic mass is 16.5. The average molecular weight is 360 g/mol. The molecular formula is C21H20N4O2. The molecule has 1 heterocycles. The number of hydrogen-bond acceptors (Lipinski definition) is 5. The van der Waals surface area contributed by atoms with Crippen LogP contribution in [0.15, 0.2) is 83.8 Å². The van der Waals surface area contributed by atoms with E-state index in [0.29, 0.717) is 17.1 Å². The van der Waals surface area contributed by atoms with Crippen LogP contribution >= 0.6 is 0 Å². The van der Waals surface area contributed by atoms with Crippen LogP contribution in [-0.4, -0.2) is 24.2 Å². The van der Waals surface area contributed by atoms with Crippen molar-refractivity contribution in [3.8, 4) is 22.6 Å². The Labute approximate surface area is 158 Å². The van der Waals surface area contributed by atoms with Gasteiger partial charge in [0.1, 0.15) is 17.2 Å². The lowest BCUT2D eigenvalue weighted by Gasteiger charge is -2.15. The fourth-order valence-corrected chi connectivity index (χ4v) is 2.55. The second kappa shape index (κ2) is 8.14. The first-order chi connectivity index (χ1) is 13.1. The zero-order chi connectivity index (χ0) is 19.2. The number of anilines is 1. The number of ether oxygens (including phenoxy) is 1. The monoisotopic (exact) mass is 360 g/mol. The molecule has 0 radical (unpaired) electrons. The predicted molar refractivity (Wildman–Crippen MR) is 107 cm³/mol. The van der Waals surface area contributed by atoms with Crippen LogP contribution in [-0.2, 0) is 0 Å². The van der Waals surface area contributed by atoms with Gasteiger partial charge >= 0.3 is 0 Å². The number of phenolic OH excluding ortho intramolecular Hbond substituents is 1. The van der Waals surface area contributed by atoms with Crippen molar-refractivity contribution in [3.63, 3.8) is 0 Å². The van der Waals surface area contributed by atoms with Crippen LogP contribution in [0.5, 0.6) is 11.5 Å². The van der Waals surface area contributed by atoms with Gasteiger partial charge in [-0.2, -0.15) is 0 Å². The van der Waals surface area contributed by atoms with Gasteiger partial charge in [-0.1, -0.05) is 30.0 Å². The quantitative estimate of drug-likeness (QED) is 0.499. The molecular weight excluding hydrogens is 340 g/mol. The molecule has 0 amide bonds. The first-order valence-corrected chi connectivity index (χ1v) is 8.31. The Morgan fingerprint density at radius 2 is 1.96 bits per heavy atom. The Morgan fingerprint density at radius 1 is 1.11 bits per heavy atom. The maximum atomic E-state index is 9.71. The SMILES string of the molecule is C=C(N=NN(C)c1ccc(-c2cccc(O)c2)c(OC)c1)c1ccccn1. The minimum Gasteiger partial charge on any atom is -0.508 e. The van der Waals surface area contributed by atoms with Crippen molar-refractivity contribution in [2.45, 2.75) is 0 Å². The average Bonchev–Trinajstić information content (AvgIpc) is 2.71. The number of aromatic hydroxyl groups is 1. The summed E-state index contributed by atoms with van der Waals surface area (Å²) in [6.07, 6.45) is 1.69. The molecule has 0 saturated carbocycles. The second-order valence-corrected chi connectivity index (χ2v) is 5.81. The molecule has 27 heavy (non-hydrogen) atoms. The zero-order valence-corrected chi connectivity index (χ0v) is 15.2. The lowest BCUT2D eigenvalue weighted by atomic mass is 10.0. The number of pyridine rings is 1. The highest BCUT2D eigenvalue weighted by Crippen LogP contribution is 2.34. The van der Waals surface area contributed by atoms with Crippen LogP contribution in [0.4, 0.5) is 5.69 Å². The van der Waals surface area contributed by atoms with Crippen LogP contribution in [0.3, 0.4) is 0 Å². The third kappa shape index (κ3) is 4.30.